The number of rotatable bonds is 6. The Morgan fingerprint density at radius 1 is 1.59 bits per heavy atom. The largest absolute Gasteiger partial charge is 0.457 e. The Balaban J connectivity index is 2.72. The highest BCUT2D eigenvalue weighted by molar-refractivity contribution is 5.88. The standard InChI is InChI=1S/C10H14N4O3/c1-3-6-17-10(16)9-7(2)14(13-12-9)5-4-8(11)15/h3H,1,4-6H2,2H3,(H2,11,15). The first kappa shape index (κ1) is 12.9. The maximum atomic E-state index is 11.5. The van der Waals surface area contributed by atoms with Crippen molar-refractivity contribution in [3.63, 3.8) is 0 Å². The van der Waals surface area contributed by atoms with Crippen molar-refractivity contribution in [2.75, 3.05) is 6.61 Å². The van der Waals surface area contributed by atoms with E-state index in [4.69, 9.17) is 10.5 Å². The van der Waals surface area contributed by atoms with Crippen molar-refractivity contribution in [2.45, 2.75) is 19.9 Å². The number of carbonyl (C=O) groups is 2. The van der Waals surface area contributed by atoms with Crippen molar-refractivity contribution in [3.05, 3.63) is 24.0 Å². The summed E-state index contributed by atoms with van der Waals surface area (Å²) in [4.78, 5) is 22.1. The lowest BCUT2D eigenvalue weighted by molar-refractivity contribution is -0.118. The van der Waals surface area contributed by atoms with Crippen molar-refractivity contribution in [1.82, 2.24) is 15.0 Å². The summed E-state index contributed by atoms with van der Waals surface area (Å²) in [6.07, 6.45) is 1.61. The van der Waals surface area contributed by atoms with Crippen LogP contribution >= 0.6 is 0 Å². The number of ether oxygens (including phenoxy) is 1. The van der Waals surface area contributed by atoms with E-state index in [1.54, 1.807) is 6.92 Å². The molecule has 7 heteroatoms. The second-order valence-corrected chi connectivity index (χ2v) is 3.35. The molecule has 0 spiro atoms. The molecule has 17 heavy (non-hydrogen) atoms. The van der Waals surface area contributed by atoms with Crippen LogP contribution < -0.4 is 5.73 Å². The number of nitrogens with zero attached hydrogens (tertiary/aromatic N) is 3. The molecule has 0 aliphatic rings. The van der Waals surface area contributed by atoms with Crippen LogP contribution in [0.5, 0.6) is 0 Å². The SMILES string of the molecule is C=CCOC(=O)c1nnn(CCC(N)=O)c1C. The van der Waals surface area contributed by atoms with E-state index in [0.29, 0.717) is 12.2 Å². The Kier molecular flexibility index (Phi) is 4.38. The summed E-state index contributed by atoms with van der Waals surface area (Å²) in [5.41, 5.74) is 5.70. The molecule has 0 atom stereocenters. The zero-order valence-corrected chi connectivity index (χ0v) is 9.55. The van der Waals surface area contributed by atoms with E-state index in [9.17, 15) is 9.59 Å². The van der Waals surface area contributed by atoms with Gasteiger partial charge in [-0.3, -0.25) is 4.79 Å². The fraction of sp³-hybridized carbons (Fsp3) is 0.400. The molecule has 1 heterocycles. The molecule has 0 saturated carbocycles. The summed E-state index contributed by atoms with van der Waals surface area (Å²) >= 11 is 0. The van der Waals surface area contributed by atoms with Gasteiger partial charge in [-0.1, -0.05) is 17.9 Å². The van der Waals surface area contributed by atoms with Crippen LogP contribution in [0.2, 0.25) is 0 Å². The molecular formula is C10H14N4O3. The molecule has 0 saturated heterocycles. The molecule has 1 aromatic heterocycles. The van der Waals surface area contributed by atoms with Crippen molar-refractivity contribution >= 4 is 11.9 Å². The topological polar surface area (TPSA) is 100 Å². The van der Waals surface area contributed by atoms with Gasteiger partial charge in [0.05, 0.1) is 12.2 Å². The van der Waals surface area contributed by atoms with Gasteiger partial charge in [-0.15, -0.1) is 5.10 Å². The normalized spacial score (nSPS) is 9.94. The highest BCUT2D eigenvalue weighted by atomic mass is 16.5. The number of hydrogen-bond acceptors (Lipinski definition) is 5. The molecule has 0 aliphatic carbocycles. The molecule has 0 radical (unpaired) electrons. The summed E-state index contributed by atoms with van der Waals surface area (Å²) in [5, 5.41) is 7.45. The van der Waals surface area contributed by atoms with E-state index in [1.807, 2.05) is 0 Å². The number of amides is 1. The third kappa shape index (κ3) is 3.40. The molecule has 1 aromatic rings. The van der Waals surface area contributed by atoms with Gasteiger partial charge in [0, 0.05) is 6.42 Å². The summed E-state index contributed by atoms with van der Waals surface area (Å²) in [5.74, 6) is -0.997. The first-order valence-electron chi connectivity index (χ1n) is 5.02. The minimum Gasteiger partial charge on any atom is -0.457 e. The van der Waals surface area contributed by atoms with E-state index in [1.165, 1.54) is 10.8 Å². The molecular weight excluding hydrogens is 224 g/mol. The quantitative estimate of drug-likeness (QED) is 0.546. The lowest BCUT2D eigenvalue weighted by Gasteiger charge is -2.01. The summed E-state index contributed by atoms with van der Waals surface area (Å²) in [6, 6.07) is 0. The highest BCUT2D eigenvalue weighted by Gasteiger charge is 2.17. The zero-order valence-electron chi connectivity index (χ0n) is 9.55. The number of aromatic nitrogens is 3. The van der Waals surface area contributed by atoms with Gasteiger partial charge in [-0.2, -0.15) is 0 Å². The number of nitrogens with two attached hydrogens (primary N) is 1. The van der Waals surface area contributed by atoms with Gasteiger partial charge in [0.25, 0.3) is 0 Å². The Morgan fingerprint density at radius 2 is 2.29 bits per heavy atom. The van der Waals surface area contributed by atoms with Gasteiger partial charge in [0.15, 0.2) is 5.69 Å². The van der Waals surface area contributed by atoms with Crippen LogP contribution in [-0.4, -0.2) is 33.5 Å². The van der Waals surface area contributed by atoms with Crippen LogP contribution in [0.25, 0.3) is 0 Å². The maximum Gasteiger partial charge on any atom is 0.361 e. The fourth-order valence-corrected chi connectivity index (χ4v) is 1.18. The van der Waals surface area contributed by atoms with Crippen molar-refractivity contribution in [3.8, 4) is 0 Å². The molecule has 0 bridgehead atoms. The average molecular weight is 238 g/mol. The van der Waals surface area contributed by atoms with Crippen LogP contribution in [0.4, 0.5) is 0 Å². The lowest BCUT2D eigenvalue weighted by Crippen LogP contribution is -2.15. The Labute approximate surface area is 98.2 Å². The molecule has 0 fully saturated rings. The zero-order chi connectivity index (χ0) is 12.8. The molecule has 92 valence electrons. The Morgan fingerprint density at radius 3 is 2.88 bits per heavy atom. The third-order valence-corrected chi connectivity index (χ3v) is 2.08. The Hall–Kier alpha value is -2.18. The number of carbonyl (C=O) groups excluding carboxylic acids is 2. The third-order valence-electron chi connectivity index (χ3n) is 2.08. The van der Waals surface area contributed by atoms with E-state index < -0.39 is 11.9 Å². The predicted octanol–water partition coefficient (Wildman–Crippen LogP) is -0.195. The minimum absolute atomic E-state index is 0.117. The first-order chi connectivity index (χ1) is 8.06. The average Bonchev–Trinajstić information content (AvgIpc) is 2.65. The molecule has 7 nitrogen and oxygen atoms in total. The number of esters is 1. The van der Waals surface area contributed by atoms with Crippen LogP contribution in [0.15, 0.2) is 12.7 Å². The second kappa shape index (κ2) is 5.78. The van der Waals surface area contributed by atoms with Crippen LogP contribution in [-0.2, 0) is 16.1 Å². The van der Waals surface area contributed by atoms with E-state index >= 15 is 0 Å². The van der Waals surface area contributed by atoms with Crippen LogP contribution in [0, 0.1) is 6.92 Å². The van der Waals surface area contributed by atoms with E-state index in [2.05, 4.69) is 16.9 Å². The molecule has 0 unspecified atom stereocenters. The minimum atomic E-state index is -0.562. The Bertz CT molecular complexity index is 439. The maximum absolute atomic E-state index is 11.5. The summed E-state index contributed by atoms with van der Waals surface area (Å²) in [6.45, 7) is 5.52. The van der Waals surface area contributed by atoms with Crippen LogP contribution in [0.1, 0.15) is 22.6 Å². The van der Waals surface area contributed by atoms with Gasteiger partial charge in [0.2, 0.25) is 5.91 Å². The van der Waals surface area contributed by atoms with Crippen molar-refractivity contribution in [1.29, 1.82) is 0 Å². The molecule has 0 aromatic carbocycles. The van der Waals surface area contributed by atoms with Gasteiger partial charge in [-0.05, 0) is 6.92 Å². The smallest absolute Gasteiger partial charge is 0.361 e. The molecule has 2 N–H and O–H groups in total. The number of hydrogen-bond donors (Lipinski definition) is 1. The van der Waals surface area contributed by atoms with Gasteiger partial charge < -0.3 is 10.5 Å². The molecule has 1 amide bonds. The van der Waals surface area contributed by atoms with Gasteiger partial charge in [0.1, 0.15) is 6.61 Å². The summed E-state index contributed by atoms with van der Waals surface area (Å²) in [7, 11) is 0. The monoisotopic (exact) mass is 238 g/mol. The molecule has 0 aliphatic heterocycles. The van der Waals surface area contributed by atoms with E-state index in [0.717, 1.165) is 0 Å². The fourth-order valence-electron chi connectivity index (χ4n) is 1.18. The predicted molar refractivity (Wildman–Crippen MR) is 59.0 cm³/mol. The number of aryl methyl sites for hydroxylation is 1. The highest BCUT2D eigenvalue weighted by Crippen LogP contribution is 2.06. The van der Waals surface area contributed by atoms with Crippen LogP contribution in [0.3, 0.4) is 0 Å². The second-order valence-electron chi connectivity index (χ2n) is 3.35. The van der Waals surface area contributed by atoms with Gasteiger partial charge >= 0.3 is 5.97 Å². The van der Waals surface area contributed by atoms with E-state index in [-0.39, 0.29) is 18.7 Å². The number of primary amides is 1. The lowest BCUT2D eigenvalue weighted by atomic mass is 10.3. The van der Waals surface area contributed by atoms with Gasteiger partial charge in [-0.25, -0.2) is 9.48 Å². The van der Waals surface area contributed by atoms with Crippen molar-refractivity contribution in [2.24, 2.45) is 5.73 Å². The molecule has 1 rings (SSSR count). The summed E-state index contributed by atoms with van der Waals surface area (Å²) < 4.78 is 6.27. The van der Waals surface area contributed by atoms with Crippen molar-refractivity contribution < 1.29 is 14.3 Å². The first-order valence-corrected chi connectivity index (χ1v) is 5.02.